The third-order valence-corrected chi connectivity index (χ3v) is 8.89. The van der Waals surface area contributed by atoms with Gasteiger partial charge in [0.05, 0.1) is 5.57 Å². The molecule has 2 N–H and O–H groups in total. The van der Waals surface area contributed by atoms with Crippen LogP contribution >= 0.6 is 23.4 Å². The molecule has 0 aliphatic carbocycles. The summed E-state index contributed by atoms with van der Waals surface area (Å²) in [6.45, 7) is 6.42. The van der Waals surface area contributed by atoms with E-state index in [0.717, 1.165) is 33.7 Å². The van der Waals surface area contributed by atoms with Crippen LogP contribution in [-0.4, -0.2) is 20.7 Å². The molecule has 5 aromatic rings. The number of anilines is 2. The van der Waals surface area contributed by atoms with Crippen LogP contribution in [0, 0.1) is 13.8 Å². The van der Waals surface area contributed by atoms with Crippen molar-refractivity contribution < 1.29 is 9.53 Å². The number of nitrogens with one attached hydrogen (secondary N) is 2. The lowest BCUT2D eigenvalue weighted by Gasteiger charge is -2.29. The van der Waals surface area contributed by atoms with Crippen molar-refractivity contribution in [2.45, 2.75) is 44.3 Å². The maximum Gasteiger partial charge on any atom is 0.255 e. The zero-order chi connectivity index (χ0) is 30.6. The van der Waals surface area contributed by atoms with Crippen molar-refractivity contribution in [1.29, 1.82) is 0 Å². The van der Waals surface area contributed by atoms with Gasteiger partial charge in [0.15, 0.2) is 0 Å². The van der Waals surface area contributed by atoms with Crippen LogP contribution in [0.5, 0.6) is 5.75 Å². The van der Waals surface area contributed by atoms with Gasteiger partial charge in [0.2, 0.25) is 11.1 Å². The lowest BCUT2D eigenvalue weighted by molar-refractivity contribution is -0.113. The summed E-state index contributed by atoms with van der Waals surface area (Å²) in [6, 6.07) is 31.0. The van der Waals surface area contributed by atoms with Gasteiger partial charge in [0.25, 0.3) is 5.91 Å². The highest BCUT2D eigenvalue weighted by Crippen LogP contribution is 2.38. The number of para-hydroxylation sites is 1. The number of carbonyl (C=O) groups excluding carboxylic acids is 1. The van der Waals surface area contributed by atoms with Gasteiger partial charge in [-0.1, -0.05) is 96.2 Å². The highest BCUT2D eigenvalue weighted by atomic mass is 35.5. The average Bonchev–Trinajstić information content (AvgIpc) is 3.43. The summed E-state index contributed by atoms with van der Waals surface area (Å²) in [5.41, 5.74) is 7.23. The normalized spacial score (nSPS) is 14.1. The van der Waals surface area contributed by atoms with E-state index in [9.17, 15) is 4.79 Å². The molecular weight excluding hydrogens is 590 g/mol. The molecule has 2 heterocycles. The Bertz CT molecular complexity index is 1850. The molecule has 222 valence electrons. The van der Waals surface area contributed by atoms with Gasteiger partial charge in [-0.3, -0.25) is 4.79 Å². The number of hydrogen-bond donors (Lipinski definition) is 2. The Hall–Kier alpha value is -4.53. The molecular formula is C35H32ClN5O2S. The molecule has 6 rings (SSSR count). The number of rotatable bonds is 9. The summed E-state index contributed by atoms with van der Waals surface area (Å²) in [6.07, 6.45) is 0. The second-order valence-corrected chi connectivity index (χ2v) is 12.0. The van der Waals surface area contributed by atoms with Crippen LogP contribution in [0.1, 0.15) is 40.8 Å². The molecule has 0 fully saturated rings. The molecule has 0 saturated heterocycles. The molecule has 9 heteroatoms. The number of aryl methyl sites for hydroxylation is 2. The Morgan fingerprint density at radius 3 is 2.32 bits per heavy atom. The maximum atomic E-state index is 13.9. The molecule has 0 bridgehead atoms. The number of amides is 1. The second kappa shape index (κ2) is 13.0. The maximum absolute atomic E-state index is 13.9. The Balaban J connectivity index is 1.31. The molecule has 1 aromatic heterocycles. The van der Waals surface area contributed by atoms with Crippen LogP contribution in [0.4, 0.5) is 11.6 Å². The van der Waals surface area contributed by atoms with Crippen LogP contribution in [0.2, 0.25) is 5.02 Å². The quantitative estimate of drug-likeness (QED) is 0.161. The van der Waals surface area contributed by atoms with Gasteiger partial charge >= 0.3 is 0 Å². The summed E-state index contributed by atoms with van der Waals surface area (Å²) in [5.74, 6) is 1.72. The van der Waals surface area contributed by atoms with Crippen molar-refractivity contribution in [2.75, 3.05) is 10.6 Å². The van der Waals surface area contributed by atoms with Crippen molar-refractivity contribution in [1.82, 2.24) is 14.8 Å². The molecule has 7 nitrogen and oxygen atoms in total. The number of carbonyl (C=O) groups is 1. The molecule has 44 heavy (non-hydrogen) atoms. The number of ether oxygens (including phenoxy) is 1. The molecule has 4 aromatic carbocycles. The third-order valence-electron chi connectivity index (χ3n) is 7.64. The summed E-state index contributed by atoms with van der Waals surface area (Å²) in [4.78, 5) is 18.7. The highest BCUT2D eigenvalue weighted by Gasteiger charge is 2.34. The highest BCUT2D eigenvalue weighted by molar-refractivity contribution is 7.98. The SMILES string of the molecule is CC1=C(C(=O)Nc2ccccc2C)C(c2ccc(OCc3ccccc3C)cc2)n2nc(SCc3ccccc3Cl)nc2N1. The predicted octanol–water partition coefficient (Wildman–Crippen LogP) is 8.35. The number of aromatic nitrogens is 3. The zero-order valence-corrected chi connectivity index (χ0v) is 26.2. The molecule has 1 atom stereocenters. The number of benzene rings is 4. The van der Waals surface area contributed by atoms with E-state index < -0.39 is 6.04 Å². The van der Waals surface area contributed by atoms with Crippen LogP contribution in [0.15, 0.2) is 113 Å². The monoisotopic (exact) mass is 621 g/mol. The van der Waals surface area contributed by atoms with E-state index in [4.69, 9.17) is 26.4 Å². The molecule has 1 aliphatic rings. The lowest BCUT2D eigenvalue weighted by Crippen LogP contribution is -2.31. The van der Waals surface area contributed by atoms with Crippen molar-refractivity contribution >= 4 is 40.9 Å². The van der Waals surface area contributed by atoms with E-state index in [1.807, 2.05) is 98.8 Å². The Morgan fingerprint density at radius 2 is 1.59 bits per heavy atom. The number of nitrogens with zero attached hydrogens (tertiary/aromatic N) is 3. The molecule has 1 unspecified atom stereocenters. The van der Waals surface area contributed by atoms with Crippen molar-refractivity contribution in [3.63, 3.8) is 0 Å². The van der Waals surface area contributed by atoms with E-state index in [-0.39, 0.29) is 5.91 Å². The average molecular weight is 622 g/mol. The Labute approximate surface area is 266 Å². The van der Waals surface area contributed by atoms with Crippen molar-refractivity contribution in [2.24, 2.45) is 0 Å². The fourth-order valence-corrected chi connectivity index (χ4v) is 6.25. The summed E-state index contributed by atoms with van der Waals surface area (Å²) in [5, 5.41) is 12.6. The summed E-state index contributed by atoms with van der Waals surface area (Å²) < 4.78 is 7.90. The van der Waals surface area contributed by atoms with E-state index in [2.05, 4.69) is 29.7 Å². The number of fused-ring (bicyclic) bond motifs is 1. The van der Waals surface area contributed by atoms with Crippen LogP contribution in [0.3, 0.4) is 0 Å². The first kappa shape index (κ1) is 29.5. The first-order valence-electron chi connectivity index (χ1n) is 14.3. The smallest absolute Gasteiger partial charge is 0.255 e. The van der Waals surface area contributed by atoms with Gasteiger partial charge in [-0.15, -0.1) is 5.10 Å². The van der Waals surface area contributed by atoms with E-state index in [1.54, 1.807) is 4.68 Å². The minimum Gasteiger partial charge on any atom is -0.489 e. The van der Waals surface area contributed by atoms with E-state index in [1.165, 1.54) is 17.3 Å². The molecule has 1 aliphatic heterocycles. The standard InChI is InChI=1S/C35H32ClN5O2S/c1-22-10-4-6-12-26(22)20-43-28-18-16-25(17-19-28)32-31(33(42)38-30-15-9-5-11-23(30)2)24(3)37-34-39-35(40-41(32)34)44-21-27-13-7-8-14-29(27)36/h4-19,32H,20-21H2,1-3H3,(H,38,42)(H,37,39,40). The predicted molar refractivity (Wildman–Crippen MR) is 177 cm³/mol. The van der Waals surface area contributed by atoms with Gasteiger partial charge in [-0.25, -0.2) is 4.68 Å². The van der Waals surface area contributed by atoms with E-state index >= 15 is 0 Å². The van der Waals surface area contributed by atoms with Gasteiger partial charge in [-0.2, -0.15) is 4.98 Å². The van der Waals surface area contributed by atoms with Gasteiger partial charge in [-0.05, 0) is 72.9 Å². The van der Waals surface area contributed by atoms with Crippen LogP contribution < -0.4 is 15.4 Å². The Morgan fingerprint density at radius 1 is 0.909 bits per heavy atom. The van der Waals surface area contributed by atoms with Gasteiger partial charge in [0.1, 0.15) is 18.4 Å². The molecule has 0 saturated carbocycles. The van der Waals surface area contributed by atoms with Crippen LogP contribution in [-0.2, 0) is 17.2 Å². The number of hydrogen-bond acceptors (Lipinski definition) is 6. The number of halogens is 1. The summed E-state index contributed by atoms with van der Waals surface area (Å²) in [7, 11) is 0. The van der Waals surface area contributed by atoms with Crippen molar-refractivity contribution in [3.05, 3.63) is 141 Å². The largest absolute Gasteiger partial charge is 0.489 e. The molecule has 0 spiro atoms. The zero-order valence-electron chi connectivity index (χ0n) is 24.7. The summed E-state index contributed by atoms with van der Waals surface area (Å²) >= 11 is 7.89. The first-order valence-corrected chi connectivity index (χ1v) is 15.7. The second-order valence-electron chi connectivity index (χ2n) is 10.7. The lowest BCUT2D eigenvalue weighted by atomic mass is 9.95. The Kier molecular flexibility index (Phi) is 8.72. The van der Waals surface area contributed by atoms with Gasteiger partial charge < -0.3 is 15.4 Å². The van der Waals surface area contributed by atoms with Crippen LogP contribution in [0.25, 0.3) is 0 Å². The molecule has 1 amide bonds. The fourth-order valence-electron chi connectivity index (χ4n) is 5.13. The fraction of sp³-hybridized carbons (Fsp3) is 0.171. The van der Waals surface area contributed by atoms with E-state index in [0.29, 0.717) is 39.8 Å². The third kappa shape index (κ3) is 6.37. The minimum absolute atomic E-state index is 0.208. The topological polar surface area (TPSA) is 81.1 Å². The van der Waals surface area contributed by atoms with Crippen molar-refractivity contribution in [3.8, 4) is 5.75 Å². The van der Waals surface area contributed by atoms with Gasteiger partial charge in [0, 0.05) is 22.2 Å². The number of allylic oxidation sites excluding steroid dienone is 1. The molecule has 0 radical (unpaired) electrons. The minimum atomic E-state index is -0.511. The first-order chi connectivity index (χ1) is 21.4. The number of thioether (sulfide) groups is 1.